The van der Waals surface area contributed by atoms with Crippen LogP contribution in [0.3, 0.4) is 0 Å². The lowest BCUT2D eigenvalue weighted by atomic mass is 9.88. The van der Waals surface area contributed by atoms with Gasteiger partial charge in [0, 0.05) is 32.1 Å². The van der Waals surface area contributed by atoms with Crippen LogP contribution in [0.5, 0.6) is 0 Å². The van der Waals surface area contributed by atoms with E-state index in [9.17, 15) is 0 Å². The van der Waals surface area contributed by atoms with Crippen LogP contribution in [0.1, 0.15) is 55.2 Å². The van der Waals surface area contributed by atoms with Crippen LogP contribution >= 0.6 is 0 Å². The zero-order valence-corrected chi connectivity index (χ0v) is 12.3. The van der Waals surface area contributed by atoms with Crippen molar-refractivity contribution in [2.45, 2.75) is 57.7 Å². The number of nitrogens with one attached hydrogen (secondary N) is 1. The van der Waals surface area contributed by atoms with E-state index in [-0.39, 0.29) is 0 Å². The molecule has 0 aromatic carbocycles. The highest BCUT2D eigenvalue weighted by atomic mass is 15.2. The maximum absolute atomic E-state index is 5.01. The second-order valence-corrected chi connectivity index (χ2v) is 6.12. The lowest BCUT2D eigenvalue weighted by Gasteiger charge is -2.28. The highest BCUT2D eigenvalue weighted by molar-refractivity contribution is 5.21. The number of nitrogens with zero attached hydrogens (tertiary/aromatic N) is 3. The fraction of sp³-hybridized carbons (Fsp3) is 0.800. The maximum atomic E-state index is 5.01. The van der Waals surface area contributed by atoms with E-state index in [0.29, 0.717) is 5.92 Å². The molecule has 106 valence electrons. The third kappa shape index (κ3) is 2.56. The predicted molar refractivity (Wildman–Crippen MR) is 77.2 cm³/mol. The summed E-state index contributed by atoms with van der Waals surface area (Å²) >= 11 is 0. The lowest BCUT2D eigenvalue weighted by Crippen LogP contribution is -2.32. The topological polar surface area (TPSA) is 33.1 Å². The Labute approximate surface area is 116 Å². The van der Waals surface area contributed by atoms with Crippen molar-refractivity contribution in [3.8, 4) is 0 Å². The van der Waals surface area contributed by atoms with Crippen LogP contribution in [0, 0.1) is 0 Å². The molecule has 1 fully saturated rings. The number of likely N-dealkylation sites (N-methyl/N-ethyl adjacent to an activating group) is 1. The molecule has 4 heteroatoms. The minimum Gasteiger partial charge on any atom is -0.329 e. The average Bonchev–Trinajstić information content (AvgIpc) is 2.79. The summed E-state index contributed by atoms with van der Waals surface area (Å²) in [5.74, 6) is 2.09. The third-order valence-electron chi connectivity index (χ3n) is 4.62. The average molecular weight is 262 g/mol. The van der Waals surface area contributed by atoms with Crippen molar-refractivity contribution in [2.75, 3.05) is 20.6 Å². The molecule has 1 aromatic rings. The number of imidazole rings is 1. The first-order chi connectivity index (χ1) is 9.29. The predicted octanol–water partition coefficient (Wildman–Crippen LogP) is 2.10. The number of rotatable bonds is 3. The number of aromatic nitrogens is 2. The van der Waals surface area contributed by atoms with Crippen molar-refractivity contribution in [3.63, 3.8) is 0 Å². The second kappa shape index (κ2) is 5.63. The largest absolute Gasteiger partial charge is 0.329 e. The third-order valence-corrected chi connectivity index (χ3v) is 4.62. The normalized spacial score (nSPS) is 21.6. The van der Waals surface area contributed by atoms with Crippen molar-refractivity contribution >= 4 is 0 Å². The van der Waals surface area contributed by atoms with Gasteiger partial charge in [0.15, 0.2) is 0 Å². The van der Waals surface area contributed by atoms with E-state index in [1.807, 2.05) is 7.05 Å². The molecule has 0 bridgehead atoms. The molecule has 2 aliphatic rings. The molecule has 0 radical (unpaired) electrons. The molecular weight excluding hydrogens is 236 g/mol. The lowest BCUT2D eigenvalue weighted by molar-refractivity contribution is 0.261. The second-order valence-electron chi connectivity index (χ2n) is 6.12. The van der Waals surface area contributed by atoms with E-state index < -0.39 is 0 Å². The van der Waals surface area contributed by atoms with E-state index in [1.165, 1.54) is 49.3 Å². The molecule has 0 amide bonds. The van der Waals surface area contributed by atoms with Gasteiger partial charge in [0.2, 0.25) is 0 Å². The van der Waals surface area contributed by atoms with Crippen molar-refractivity contribution in [2.24, 2.45) is 0 Å². The SMILES string of the molecule is CNCc1nc(C2CCCCC2)n2c1CN(C)CC2. The van der Waals surface area contributed by atoms with Gasteiger partial charge in [-0.25, -0.2) is 4.98 Å². The van der Waals surface area contributed by atoms with Gasteiger partial charge in [-0.05, 0) is 26.9 Å². The minimum atomic E-state index is 0.710. The van der Waals surface area contributed by atoms with E-state index in [0.717, 1.165) is 26.2 Å². The monoisotopic (exact) mass is 262 g/mol. The van der Waals surface area contributed by atoms with Crippen molar-refractivity contribution in [1.82, 2.24) is 19.8 Å². The van der Waals surface area contributed by atoms with Crippen LogP contribution in [0.4, 0.5) is 0 Å². The van der Waals surface area contributed by atoms with Gasteiger partial charge in [-0.15, -0.1) is 0 Å². The van der Waals surface area contributed by atoms with Crippen LogP contribution in [0.2, 0.25) is 0 Å². The van der Waals surface area contributed by atoms with Gasteiger partial charge in [0.25, 0.3) is 0 Å². The Kier molecular flexibility index (Phi) is 3.89. The van der Waals surface area contributed by atoms with Gasteiger partial charge in [0.1, 0.15) is 5.82 Å². The maximum Gasteiger partial charge on any atom is 0.112 e. The first-order valence-corrected chi connectivity index (χ1v) is 7.71. The fourth-order valence-corrected chi connectivity index (χ4v) is 3.57. The number of hydrogen-bond acceptors (Lipinski definition) is 3. The zero-order chi connectivity index (χ0) is 13.2. The molecule has 2 heterocycles. The van der Waals surface area contributed by atoms with Gasteiger partial charge < -0.3 is 9.88 Å². The summed E-state index contributed by atoms with van der Waals surface area (Å²) in [5, 5.41) is 3.27. The Morgan fingerprint density at radius 1 is 1.21 bits per heavy atom. The van der Waals surface area contributed by atoms with Gasteiger partial charge in [-0.3, -0.25) is 4.90 Å². The van der Waals surface area contributed by atoms with Crippen molar-refractivity contribution in [3.05, 3.63) is 17.2 Å². The fourth-order valence-electron chi connectivity index (χ4n) is 3.57. The van der Waals surface area contributed by atoms with E-state index >= 15 is 0 Å². The first-order valence-electron chi connectivity index (χ1n) is 7.71. The molecule has 19 heavy (non-hydrogen) atoms. The molecule has 4 nitrogen and oxygen atoms in total. The smallest absolute Gasteiger partial charge is 0.112 e. The molecule has 1 N–H and O–H groups in total. The summed E-state index contributed by atoms with van der Waals surface area (Å²) in [5.41, 5.74) is 2.72. The summed E-state index contributed by atoms with van der Waals surface area (Å²) in [6.07, 6.45) is 6.86. The summed E-state index contributed by atoms with van der Waals surface area (Å²) in [4.78, 5) is 7.42. The molecule has 0 saturated heterocycles. The number of hydrogen-bond donors (Lipinski definition) is 1. The molecule has 3 rings (SSSR count). The Hall–Kier alpha value is -0.870. The molecule has 1 aromatic heterocycles. The van der Waals surface area contributed by atoms with Crippen LogP contribution in [-0.4, -0.2) is 35.1 Å². The van der Waals surface area contributed by atoms with Gasteiger partial charge >= 0.3 is 0 Å². The highest BCUT2D eigenvalue weighted by Crippen LogP contribution is 2.34. The standard InChI is InChI=1S/C15H26N4/c1-16-10-13-14-11-18(2)8-9-19(14)15(17-13)12-6-4-3-5-7-12/h12,16H,3-11H2,1-2H3. The van der Waals surface area contributed by atoms with Crippen molar-refractivity contribution < 1.29 is 0 Å². The highest BCUT2D eigenvalue weighted by Gasteiger charge is 2.27. The Morgan fingerprint density at radius 2 is 2.00 bits per heavy atom. The van der Waals surface area contributed by atoms with Crippen LogP contribution in [0.25, 0.3) is 0 Å². The molecule has 0 spiro atoms. The molecule has 0 unspecified atom stereocenters. The first kappa shape index (κ1) is 13.1. The molecule has 0 atom stereocenters. The summed E-state index contributed by atoms with van der Waals surface area (Å²) in [6.45, 7) is 4.23. The minimum absolute atomic E-state index is 0.710. The summed E-state index contributed by atoms with van der Waals surface area (Å²) in [7, 11) is 4.22. The van der Waals surface area contributed by atoms with Gasteiger partial charge in [0.05, 0.1) is 11.4 Å². The van der Waals surface area contributed by atoms with Crippen molar-refractivity contribution in [1.29, 1.82) is 0 Å². The number of fused-ring (bicyclic) bond motifs is 1. The molecule has 1 aliphatic heterocycles. The van der Waals surface area contributed by atoms with E-state index in [2.05, 4.69) is 21.8 Å². The van der Waals surface area contributed by atoms with E-state index in [4.69, 9.17) is 4.98 Å². The summed E-state index contributed by atoms with van der Waals surface area (Å²) < 4.78 is 2.53. The Bertz CT molecular complexity index is 432. The van der Waals surface area contributed by atoms with Gasteiger partial charge in [-0.1, -0.05) is 19.3 Å². The van der Waals surface area contributed by atoms with Crippen LogP contribution in [-0.2, 0) is 19.6 Å². The van der Waals surface area contributed by atoms with Crippen LogP contribution < -0.4 is 5.32 Å². The molecule has 1 aliphatic carbocycles. The zero-order valence-electron chi connectivity index (χ0n) is 12.3. The summed E-state index contributed by atoms with van der Waals surface area (Å²) in [6, 6.07) is 0. The molecule has 1 saturated carbocycles. The Balaban J connectivity index is 1.93. The molecular formula is C15H26N4. The van der Waals surface area contributed by atoms with E-state index in [1.54, 1.807) is 0 Å². The van der Waals surface area contributed by atoms with Crippen LogP contribution in [0.15, 0.2) is 0 Å². The quantitative estimate of drug-likeness (QED) is 0.905. The Morgan fingerprint density at radius 3 is 2.74 bits per heavy atom. The van der Waals surface area contributed by atoms with Gasteiger partial charge in [-0.2, -0.15) is 0 Å².